The van der Waals surface area contributed by atoms with E-state index >= 15 is 0 Å². The molecule has 0 aromatic heterocycles. The van der Waals surface area contributed by atoms with Crippen LogP contribution in [0, 0.1) is 31.6 Å². The van der Waals surface area contributed by atoms with Crippen LogP contribution in [-0.4, -0.2) is 78.9 Å². The minimum atomic E-state index is 0.0375. The third kappa shape index (κ3) is 5.97. The number of carbonyl (C=O) groups excluding carboxylic acids is 2. The van der Waals surface area contributed by atoms with E-state index in [1.807, 2.05) is 38.1 Å². The van der Waals surface area contributed by atoms with Gasteiger partial charge in [-0.15, -0.1) is 0 Å². The van der Waals surface area contributed by atoms with Gasteiger partial charge < -0.3 is 20.0 Å². The number of nitrogens with one attached hydrogen (secondary N) is 1. The second-order valence-corrected chi connectivity index (χ2v) is 11.7. The van der Waals surface area contributed by atoms with Gasteiger partial charge in [-0.05, 0) is 81.3 Å². The van der Waals surface area contributed by atoms with Gasteiger partial charge >= 0.3 is 0 Å². The van der Waals surface area contributed by atoms with Crippen LogP contribution < -0.4 is 5.32 Å². The molecule has 2 aromatic rings. The Morgan fingerprint density at radius 1 is 0.868 bits per heavy atom. The van der Waals surface area contributed by atoms with E-state index in [9.17, 15) is 9.59 Å². The highest BCUT2D eigenvalue weighted by Crippen LogP contribution is 2.33. The average Bonchev–Trinajstić information content (AvgIpc) is 3.50. The van der Waals surface area contributed by atoms with Crippen molar-refractivity contribution in [1.29, 1.82) is 0 Å². The van der Waals surface area contributed by atoms with Gasteiger partial charge in [0, 0.05) is 44.2 Å². The zero-order valence-electron chi connectivity index (χ0n) is 23.4. The van der Waals surface area contributed by atoms with Gasteiger partial charge in [-0.25, -0.2) is 0 Å². The lowest BCUT2D eigenvalue weighted by atomic mass is 9.94. The highest BCUT2D eigenvalue weighted by Gasteiger charge is 2.42. The van der Waals surface area contributed by atoms with E-state index in [2.05, 4.69) is 51.2 Å². The van der Waals surface area contributed by atoms with Crippen molar-refractivity contribution in [1.82, 2.24) is 20.0 Å². The molecule has 3 aliphatic heterocycles. The van der Waals surface area contributed by atoms with E-state index in [0.717, 1.165) is 88.3 Å². The predicted octanol–water partition coefficient (Wildman–Crippen LogP) is 4.29. The van der Waals surface area contributed by atoms with Crippen molar-refractivity contribution in [2.24, 2.45) is 17.8 Å². The summed E-state index contributed by atoms with van der Waals surface area (Å²) in [5.41, 5.74) is 4.21. The molecule has 204 valence electrons. The summed E-state index contributed by atoms with van der Waals surface area (Å²) in [5.74, 6) is 1.61. The Labute approximate surface area is 228 Å². The SMILES string of the molecule is CCN1CCC(C(=O)NC(CCN2CC3CN(C(=O)c4c(C)cccc4C)C[C@@H]3C2)c2ccccc2)CC1. The van der Waals surface area contributed by atoms with Gasteiger partial charge in [0.2, 0.25) is 5.91 Å². The largest absolute Gasteiger partial charge is 0.349 e. The minimum absolute atomic E-state index is 0.0375. The van der Waals surface area contributed by atoms with Gasteiger partial charge in [-0.1, -0.05) is 55.5 Å². The Bertz CT molecular complexity index is 1080. The van der Waals surface area contributed by atoms with Crippen LogP contribution in [0.1, 0.15) is 59.3 Å². The van der Waals surface area contributed by atoms with Gasteiger partial charge in [0.05, 0.1) is 6.04 Å². The maximum absolute atomic E-state index is 13.3. The molecule has 3 heterocycles. The second-order valence-electron chi connectivity index (χ2n) is 11.7. The molecule has 0 aliphatic carbocycles. The Morgan fingerprint density at radius 3 is 2.11 bits per heavy atom. The molecule has 2 unspecified atom stereocenters. The number of carbonyl (C=O) groups is 2. The number of hydrogen-bond donors (Lipinski definition) is 1. The molecular weight excluding hydrogens is 472 g/mol. The monoisotopic (exact) mass is 516 g/mol. The number of fused-ring (bicyclic) bond motifs is 1. The van der Waals surface area contributed by atoms with Crippen molar-refractivity contribution in [3.05, 3.63) is 70.8 Å². The van der Waals surface area contributed by atoms with Crippen LogP contribution in [0.3, 0.4) is 0 Å². The van der Waals surface area contributed by atoms with Crippen molar-refractivity contribution in [3.63, 3.8) is 0 Å². The first kappa shape index (κ1) is 26.9. The van der Waals surface area contributed by atoms with Crippen LogP contribution in [0.5, 0.6) is 0 Å². The minimum Gasteiger partial charge on any atom is -0.349 e. The fourth-order valence-electron chi connectivity index (χ4n) is 6.87. The molecule has 6 nitrogen and oxygen atoms in total. The number of aryl methyl sites for hydroxylation is 2. The first-order chi connectivity index (χ1) is 18.4. The Balaban J connectivity index is 1.15. The molecule has 3 aliphatic rings. The molecule has 6 heteroatoms. The number of benzene rings is 2. The van der Waals surface area contributed by atoms with E-state index in [4.69, 9.17) is 0 Å². The molecule has 38 heavy (non-hydrogen) atoms. The van der Waals surface area contributed by atoms with E-state index in [0.29, 0.717) is 11.8 Å². The quantitative estimate of drug-likeness (QED) is 0.569. The fraction of sp³-hybridized carbons (Fsp3) is 0.562. The Hall–Kier alpha value is -2.70. The summed E-state index contributed by atoms with van der Waals surface area (Å²) in [5, 5.41) is 3.42. The molecule has 2 aromatic carbocycles. The maximum Gasteiger partial charge on any atom is 0.254 e. The van der Waals surface area contributed by atoms with Gasteiger partial charge in [0.25, 0.3) is 5.91 Å². The second kappa shape index (κ2) is 12.0. The third-order valence-electron chi connectivity index (χ3n) is 9.20. The zero-order chi connectivity index (χ0) is 26.6. The maximum atomic E-state index is 13.3. The first-order valence-electron chi connectivity index (χ1n) is 14.6. The molecule has 3 saturated heterocycles. The van der Waals surface area contributed by atoms with Crippen molar-refractivity contribution in [2.45, 2.75) is 46.1 Å². The van der Waals surface area contributed by atoms with Crippen LogP contribution in [-0.2, 0) is 4.79 Å². The highest BCUT2D eigenvalue weighted by atomic mass is 16.2. The van der Waals surface area contributed by atoms with Crippen LogP contribution in [0.2, 0.25) is 0 Å². The molecule has 3 fully saturated rings. The molecule has 1 N–H and O–H groups in total. The summed E-state index contributed by atoms with van der Waals surface area (Å²) in [4.78, 5) is 33.6. The lowest BCUT2D eigenvalue weighted by Gasteiger charge is -2.32. The molecule has 0 saturated carbocycles. The summed E-state index contributed by atoms with van der Waals surface area (Å²) < 4.78 is 0. The number of likely N-dealkylation sites (tertiary alicyclic amines) is 3. The smallest absolute Gasteiger partial charge is 0.254 e. The molecule has 2 amide bonds. The molecule has 0 radical (unpaired) electrons. The molecular formula is C32H44N4O2. The van der Waals surface area contributed by atoms with E-state index < -0.39 is 0 Å². The number of rotatable bonds is 8. The Morgan fingerprint density at radius 2 is 1.50 bits per heavy atom. The van der Waals surface area contributed by atoms with Crippen molar-refractivity contribution < 1.29 is 9.59 Å². The van der Waals surface area contributed by atoms with Crippen molar-refractivity contribution >= 4 is 11.8 Å². The zero-order valence-corrected chi connectivity index (χ0v) is 23.4. The lowest BCUT2D eigenvalue weighted by molar-refractivity contribution is -0.127. The summed E-state index contributed by atoms with van der Waals surface area (Å²) >= 11 is 0. The highest BCUT2D eigenvalue weighted by molar-refractivity contribution is 5.97. The van der Waals surface area contributed by atoms with Gasteiger partial charge in [0.1, 0.15) is 0 Å². The third-order valence-corrected chi connectivity index (χ3v) is 9.20. The number of nitrogens with zero attached hydrogens (tertiary/aromatic N) is 3. The Kier molecular flexibility index (Phi) is 8.49. The van der Waals surface area contributed by atoms with Gasteiger partial charge in [-0.2, -0.15) is 0 Å². The van der Waals surface area contributed by atoms with E-state index in [-0.39, 0.29) is 23.8 Å². The van der Waals surface area contributed by atoms with Crippen molar-refractivity contribution in [2.75, 3.05) is 52.4 Å². The topological polar surface area (TPSA) is 55.9 Å². The normalized spacial score (nSPS) is 23.4. The van der Waals surface area contributed by atoms with Crippen LogP contribution in [0.25, 0.3) is 0 Å². The molecule has 3 atom stereocenters. The number of amides is 2. The number of piperidine rings is 1. The van der Waals surface area contributed by atoms with Crippen LogP contribution in [0.15, 0.2) is 48.5 Å². The predicted molar refractivity (Wildman–Crippen MR) is 152 cm³/mol. The summed E-state index contributed by atoms with van der Waals surface area (Å²) in [6, 6.07) is 16.6. The number of hydrogen-bond acceptors (Lipinski definition) is 4. The van der Waals surface area contributed by atoms with Crippen LogP contribution >= 0.6 is 0 Å². The van der Waals surface area contributed by atoms with E-state index in [1.54, 1.807) is 0 Å². The fourth-order valence-corrected chi connectivity index (χ4v) is 6.87. The van der Waals surface area contributed by atoms with Crippen molar-refractivity contribution in [3.8, 4) is 0 Å². The van der Waals surface area contributed by atoms with Gasteiger partial charge in [-0.3, -0.25) is 9.59 Å². The van der Waals surface area contributed by atoms with Gasteiger partial charge in [0.15, 0.2) is 0 Å². The van der Waals surface area contributed by atoms with E-state index in [1.165, 1.54) is 5.56 Å². The molecule has 5 rings (SSSR count). The standard InChI is InChI=1S/C32H44N4O2/c1-4-34-16-13-26(14-17-34)31(37)33-29(25-11-6-5-7-12-25)15-18-35-19-27-21-36(22-28(27)20-35)32(38)30-23(2)9-8-10-24(30)3/h5-12,26-29H,4,13-22H2,1-3H3,(H,33,37)/t27-,28?,29?/m0/s1. The average molecular weight is 517 g/mol. The lowest BCUT2D eigenvalue weighted by Crippen LogP contribution is -2.42. The molecule has 0 bridgehead atoms. The first-order valence-corrected chi connectivity index (χ1v) is 14.6. The summed E-state index contributed by atoms with van der Waals surface area (Å²) in [7, 11) is 0. The summed E-state index contributed by atoms with van der Waals surface area (Å²) in [6.07, 6.45) is 2.82. The molecule has 0 spiro atoms. The summed E-state index contributed by atoms with van der Waals surface area (Å²) in [6.45, 7) is 14.1. The van der Waals surface area contributed by atoms with Crippen LogP contribution in [0.4, 0.5) is 0 Å².